The molecule has 3 aliphatic rings. The van der Waals surface area contributed by atoms with Crippen molar-refractivity contribution in [1.29, 1.82) is 0 Å². The SMILES string of the molecule is C1=C2OC[C@H](c3ccc(CN4CCCC4)cc3)OC2=CCC1. The lowest BCUT2D eigenvalue weighted by Gasteiger charge is -2.30. The van der Waals surface area contributed by atoms with Crippen molar-refractivity contribution in [3.63, 3.8) is 0 Å². The van der Waals surface area contributed by atoms with Gasteiger partial charge in [0.2, 0.25) is 0 Å². The van der Waals surface area contributed by atoms with E-state index in [4.69, 9.17) is 9.47 Å². The zero-order chi connectivity index (χ0) is 14.8. The highest BCUT2D eigenvalue weighted by Gasteiger charge is 2.25. The van der Waals surface area contributed by atoms with Gasteiger partial charge >= 0.3 is 0 Å². The maximum Gasteiger partial charge on any atom is 0.158 e. The summed E-state index contributed by atoms with van der Waals surface area (Å²) in [5, 5.41) is 0. The fraction of sp³-hybridized carbons (Fsp3) is 0.474. The first-order valence-corrected chi connectivity index (χ1v) is 8.40. The van der Waals surface area contributed by atoms with E-state index in [1.807, 2.05) is 0 Å². The quantitative estimate of drug-likeness (QED) is 0.843. The van der Waals surface area contributed by atoms with Crippen LogP contribution >= 0.6 is 0 Å². The van der Waals surface area contributed by atoms with E-state index in [9.17, 15) is 0 Å². The monoisotopic (exact) mass is 297 g/mol. The van der Waals surface area contributed by atoms with Gasteiger partial charge in [0.15, 0.2) is 17.6 Å². The summed E-state index contributed by atoms with van der Waals surface area (Å²) in [4.78, 5) is 2.53. The lowest BCUT2D eigenvalue weighted by molar-refractivity contribution is -0.0103. The van der Waals surface area contributed by atoms with Crippen LogP contribution in [0, 0.1) is 0 Å². The molecule has 2 fully saturated rings. The number of benzene rings is 1. The minimum absolute atomic E-state index is 0.0161. The van der Waals surface area contributed by atoms with Gasteiger partial charge in [-0.3, -0.25) is 4.90 Å². The Kier molecular flexibility index (Phi) is 3.90. The van der Waals surface area contributed by atoms with Crippen molar-refractivity contribution in [2.45, 2.75) is 38.3 Å². The number of fused-ring (bicyclic) bond motifs is 1. The molecule has 0 spiro atoms. The molecule has 0 radical (unpaired) electrons. The summed E-state index contributed by atoms with van der Waals surface area (Å²) in [5.74, 6) is 1.84. The van der Waals surface area contributed by atoms with Crippen LogP contribution in [0.2, 0.25) is 0 Å². The number of hydrogen-bond acceptors (Lipinski definition) is 3. The summed E-state index contributed by atoms with van der Waals surface area (Å²) >= 11 is 0. The van der Waals surface area contributed by atoms with Crippen molar-refractivity contribution in [3.8, 4) is 0 Å². The van der Waals surface area contributed by atoms with Gasteiger partial charge in [-0.25, -0.2) is 0 Å². The van der Waals surface area contributed by atoms with Crippen LogP contribution in [0.4, 0.5) is 0 Å². The highest BCUT2D eigenvalue weighted by molar-refractivity contribution is 5.29. The van der Waals surface area contributed by atoms with Crippen molar-refractivity contribution in [2.24, 2.45) is 0 Å². The number of hydrogen-bond donors (Lipinski definition) is 0. The Morgan fingerprint density at radius 3 is 2.45 bits per heavy atom. The van der Waals surface area contributed by atoms with Crippen molar-refractivity contribution in [3.05, 3.63) is 59.1 Å². The molecule has 1 aromatic rings. The Morgan fingerprint density at radius 2 is 1.68 bits per heavy atom. The van der Waals surface area contributed by atoms with E-state index >= 15 is 0 Å². The van der Waals surface area contributed by atoms with E-state index in [2.05, 4.69) is 41.3 Å². The van der Waals surface area contributed by atoms with E-state index in [1.54, 1.807) is 0 Å². The molecule has 1 aliphatic carbocycles. The minimum Gasteiger partial charge on any atom is -0.486 e. The maximum absolute atomic E-state index is 6.11. The second-order valence-corrected chi connectivity index (χ2v) is 6.36. The molecule has 1 aromatic carbocycles. The summed E-state index contributed by atoms with van der Waals surface area (Å²) in [7, 11) is 0. The summed E-state index contributed by atoms with van der Waals surface area (Å²) in [6, 6.07) is 8.85. The molecule has 2 saturated heterocycles. The molecule has 116 valence electrons. The van der Waals surface area contributed by atoms with Crippen LogP contribution in [0.25, 0.3) is 0 Å². The van der Waals surface area contributed by atoms with Crippen molar-refractivity contribution < 1.29 is 9.47 Å². The third kappa shape index (κ3) is 2.91. The van der Waals surface area contributed by atoms with Crippen molar-refractivity contribution >= 4 is 0 Å². The molecule has 0 N–H and O–H groups in total. The molecule has 0 saturated carbocycles. The molecule has 3 nitrogen and oxygen atoms in total. The van der Waals surface area contributed by atoms with Crippen LogP contribution in [-0.4, -0.2) is 24.6 Å². The second kappa shape index (κ2) is 6.17. The summed E-state index contributed by atoms with van der Waals surface area (Å²) < 4.78 is 12.0. The molecule has 4 rings (SSSR count). The van der Waals surface area contributed by atoms with E-state index in [0.29, 0.717) is 6.61 Å². The van der Waals surface area contributed by atoms with Gasteiger partial charge in [0.05, 0.1) is 0 Å². The number of rotatable bonds is 3. The minimum atomic E-state index is 0.0161. The topological polar surface area (TPSA) is 21.7 Å². The van der Waals surface area contributed by atoms with E-state index in [1.165, 1.54) is 37.1 Å². The zero-order valence-corrected chi connectivity index (χ0v) is 13.0. The Balaban J connectivity index is 1.42. The molecule has 2 aliphatic heterocycles. The van der Waals surface area contributed by atoms with Gasteiger partial charge in [0, 0.05) is 6.54 Å². The molecule has 2 heterocycles. The molecular formula is C19H23NO2. The second-order valence-electron chi connectivity index (χ2n) is 6.36. The molecule has 0 aromatic heterocycles. The predicted octanol–water partition coefficient (Wildman–Crippen LogP) is 3.93. The van der Waals surface area contributed by atoms with E-state index in [-0.39, 0.29) is 6.10 Å². The fourth-order valence-corrected chi connectivity index (χ4v) is 3.42. The first-order valence-electron chi connectivity index (χ1n) is 8.40. The van der Waals surface area contributed by atoms with Crippen LogP contribution in [0.15, 0.2) is 47.9 Å². The highest BCUT2D eigenvalue weighted by atomic mass is 16.6. The van der Waals surface area contributed by atoms with Crippen LogP contribution in [-0.2, 0) is 16.0 Å². The molecule has 0 amide bonds. The standard InChI is InChI=1S/C19H23NO2/c1-2-6-18-17(5-1)21-14-19(22-18)16-9-7-15(8-10-16)13-20-11-3-4-12-20/h5-10,19H,1-4,11-14H2/t19-/m1/s1. The highest BCUT2D eigenvalue weighted by Crippen LogP contribution is 2.33. The van der Waals surface area contributed by atoms with Gasteiger partial charge in [-0.15, -0.1) is 0 Å². The molecule has 22 heavy (non-hydrogen) atoms. The van der Waals surface area contributed by atoms with Crippen molar-refractivity contribution in [1.82, 2.24) is 4.90 Å². The molecule has 1 atom stereocenters. The molecular weight excluding hydrogens is 274 g/mol. The van der Waals surface area contributed by atoms with Gasteiger partial charge in [-0.2, -0.15) is 0 Å². The van der Waals surface area contributed by atoms with Crippen LogP contribution in [0.5, 0.6) is 0 Å². The lowest BCUT2D eigenvalue weighted by Crippen LogP contribution is -2.21. The summed E-state index contributed by atoms with van der Waals surface area (Å²) in [6.07, 6.45) is 9.07. The first-order chi connectivity index (χ1) is 10.9. The van der Waals surface area contributed by atoms with E-state index in [0.717, 1.165) is 30.9 Å². The number of allylic oxidation sites excluding steroid dienone is 2. The Hall–Kier alpha value is -1.74. The Bertz CT molecular complexity index is 582. The smallest absolute Gasteiger partial charge is 0.158 e. The van der Waals surface area contributed by atoms with Gasteiger partial charge in [-0.05, 0) is 62.1 Å². The summed E-state index contributed by atoms with van der Waals surface area (Å²) in [5.41, 5.74) is 2.59. The molecule has 3 heteroatoms. The third-order valence-corrected chi connectivity index (χ3v) is 4.68. The Morgan fingerprint density at radius 1 is 0.955 bits per heavy atom. The van der Waals surface area contributed by atoms with Gasteiger partial charge < -0.3 is 9.47 Å². The maximum atomic E-state index is 6.11. The number of nitrogens with zero attached hydrogens (tertiary/aromatic N) is 1. The van der Waals surface area contributed by atoms with Crippen LogP contribution in [0.1, 0.15) is 42.9 Å². The van der Waals surface area contributed by atoms with Gasteiger partial charge in [0.1, 0.15) is 6.61 Å². The number of ether oxygens (including phenoxy) is 2. The zero-order valence-electron chi connectivity index (χ0n) is 13.0. The summed E-state index contributed by atoms with van der Waals surface area (Å²) in [6.45, 7) is 4.16. The van der Waals surface area contributed by atoms with Gasteiger partial charge in [-0.1, -0.05) is 24.3 Å². The predicted molar refractivity (Wildman–Crippen MR) is 86.1 cm³/mol. The fourth-order valence-electron chi connectivity index (χ4n) is 3.42. The lowest BCUT2D eigenvalue weighted by atomic mass is 10.1. The average Bonchev–Trinajstić information content (AvgIpc) is 3.08. The number of likely N-dealkylation sites (tertiary alicyclic amines) is 1. The third-order valence-electron chi connectivity index (χ3n) is 4.68. The van der Waals surface area contributed by atoms with Crippen LogP contribution in [0.3, 0.4) is 0 Å². The Labute approximate surface area is 132 Å². The normalized spacial score (nSPS) is 24.8. The largest absolute Gasteiger partial charge is 0.486 e. The van der Waals surface area contributed by atoms with Crippen LogP contribution < -0.4 is 0 Å². The van der Waals surface area contributed by atoms with E-state index < -0.39 is 0 Å². The molecule has 0 bridgehead atoms. The van der Waals surface area contributed by atoms with Crippen molar-refractivity contribution in [2.75, 3.05) is 19.7 Å². The molecule has 0 unspecified atom stereocenters. The first kappa shape index (κ1) is 13.9. The average molecular weight is 297 g/mol. The van der Waals surface area contributed by atoms with Gasteiger partial charge in [0.25, 0.3) is 0 Å².